The molecule has 0 aliphatic heterocycles. The molecule has 422 valence electrons. The molecule has 0 bridgehead atoms. The monoisotopic (exact) mass is 1000 g/mol. The standard InChI is InChI=1S/C65H126O6/c1-5-8-10-12-14-16-18-20-22-24-26-28-34-38-42-46-50-54-58-65(68)71-62(59-69-63(66)56-52-48-44-40-36-32-27-25-23-21-19-17-15-13-11-9-6-2)60-70-64(67)57-53-49-45-41-37-33-30-29-31-35-39-43-47-51-55-61(4)7-3/h61-62H,5-60H2,1-4H3/t61?,62-/m0/s1. The normalized spacial score (nSPS) is 12.3. The topological polar surface area (TPSA) is 78.9 Å². The third-order valence-electron chi connectivity index (χ3n) is 15.4. The minimum atomic E-state index is -0.763. The maximum atomic E-state index is 12.9. The van der Waals surface area contributed by atoms with Gasteiger partial charge in [0.25, 0.3) is 0 Å². The average Bonchev–Trinajstić information content (AvgIpc) is 3.37. The van der Waals surface area contributed by atoms with Crippen LogP contribution in [0.5, 0.6) is 0 Å². The third kappa shape index (κ3) is 57.5. The van der Waals surface area contributed by atoms with Gasteiger partial charge in [0.05, 0.1) is 0 Å². The molecule has 0 saturated heterocycles. The van der Waals surface area contributed by atoms with E-state index in [1.807, 2.05) is 0 Å². The van der Waals surface area contributed by atoms with Crippen molar-refractivity contribution in [3.8, 4) is 0 Å². The molecule has 0 N–H and O–H groups in total. The van der Waals surface area contributed by atoms with Crippen molar-refractivity contribution < 1.29 is 28.6 Å². The molecule has 0 spiro atoms. The number of esters is 3. The van der Waals surface area contributed by atoms with Crippen LogP contribution in [-0.4, -0.2) is 37.2 Å². The average molecular weight is 1000 g/mol. The summed E-state index contributed by atoms with van der Waals surface area (Å²) in [6, 6.07) is 0. The number of ether oxygens (including phenoxy) is 3. The fourth-order valence-electron chi connectivity index (χ4n) is 10.1. The molecular formula is C65H126O6. The van der Waals surface area contributed by atoms with Crippen molar-refractivity contribution in [1.29, 1.82) is 0 Å². The lowest BCUT2D eigenvalue weighted by molar-refractivity contribution is -0.167. The first kappa shape index (κ1) is 69.4. The lowest BCUT2D eigenvalue weighted by atomic mass is 9.99. The van der Waals surface area contributed by atoms with Gasteiger partial charge in [0.15, 0.2) is 6.10 Å². The van der Waals surface area contributed by atoms with Crippen molar-refractivity contribution in [1.82, 2.24) is 0 Å². The highest BCUT2D eigenvalue weighted by Gasteiger charge is 2.19. The maximum Gasteiger partial charge on any atom is 0.306 e. The molecule has 0 aliphatic rings. The Morgan fingerprint density at radius 2 is 0.493 bits per heavy atom. The zero-order valence-electron chi connectivity index (χ0n) is 48.7. The van der Waals surface area contributed by atoms with Crippen LogP contribution in [0.15, 0.2) is 0 Å². The Hall–Kier alpha value is -1.59. The summed E-state index contributed by atoms with van der Waals surface area (Å²) in [6.45, 7) is 9.13. The van der Waals surface area contributed by atoms with E-state index in [-0.39, 0.29) is 31.1 Å². The van der Waals surface area contributed by atoms with Gasteiger partial charge in [-0.2, -0.15) is 0 Å². The summed E-state index contributed by atoms with van der Waals surface area (Å²) in [6.07, 6.45) is 66.7. The molecule has 6 heteroatoms. The number of hydrogen-bond acceptors (Lipinski definition) is 6. The van der Waals surface area contributed by atoms with Crippen LogP contribution in [0.1, 0.15) is 374 Å². The van der Waals surface area contributed by atoms with Gasteiger partial charge >= 0.3 is 17.9 Å². The van der Waals surface area contributed by atoms with Crippen molar-refractivity contribution in [2.45, 2.75) is 381 Å². The van der Waals surface area contributed by atoms with Crippen LogP contribution in [0, 0.1) is 5.92 Å². The molecule has 1 unspecified atom stereocenters. The number of rotatable bonds is 60. The quantitative estimate of drug-likeness (QED) is 0.0343. The number of hydrogen-bond donors (Lipinski definition) is 0. The molecule has 2 atom stereocenters. The Kier molecular flexibility index (Phi) is 58.0. The summed E-state index contributed by atoms with van der Waals surface area (Å²) in [5.41, 5.74) is 0. The van der Waals surface area contributed by atoms with E-state index < -0.39 is 6.10 Å². The van der Waals surface area contributed by atoms with Crippen molar-refractivity contribution >= 4 is 17.9 Å². The van der Waals surface area contributed by atoms with Crippen LogP contribution in [0.2, 0.25) is 0 Å². The summed E-state index contributed by atoms with van der Waals surface area (Å²) in [4.78, 5) is 38.3. The molecule has 0 aliphatic carbocycles. The number of unbranched alkanes of at least 4 members (excludes halogenated alkanes) is 46. The second kappa shape index (κ2) is 59.3. The molecule has 0 aromatic heterocycles. The molecule has 0 aromatic carbocycles. The predicted octanol–water partition coefficient (Wildman–Crippen LogP) is 21.7. The van der Waals surface area contributed by atoms with E-state index in [0.717, 1.165) is 63.7 Å². The van der Waals surface area contributed by atoms with Crippen molar-refractivity contribution in [3.63, 3.8) is 0 Å². The molecule has 0 amide bonds. The minimum absolute atomic E-state index is 0.0611. The number of carbonyl (C=O) groups excluding carboxylic acids is 3. The zero-order chi connectivity index (χ0) is 51.6. The molecule has 0 aromatic rings. The van der Waals surface area contributed by atoms with Crippen molar-refractivity contribution in [3.05, 3.63) is 0 Å². The van der Waals surface area contributed by atoms with Gasteiger partial charge in [0, 0.05) is 19.3 Å². The van der Waals surface area contributed by atoms with Gasteiger partial charge in [-0.15, -0.1) is 0 Å². The van der Waals surface area contributed by atoms with Gasteiger partial charge in [-0.3, -0.25) is 14.4 Å². The molecule has 0 rings (SSSR count). The van der Waals surface area contributed by atoms with Crippen LogP contribution >= 0.6 is 0 Å². The second-order valence-electron chi connectivity index (χ2n) is 22.6. The lowest BCUT2D eigenvalue weighted by Gasteiger charge is -2.18. The van der Waals surface area contributed by atoms with Crippen LogP contribution in [-0.2, 0) is 28.6 Å². The van der Waals surface area contributed by atoms with E-state index in [1.165, 1.54) is 270 Å². The molecule has 6 nitrogen and oxygen atoms in total. The molecular weight excluding hydrogens is 877 g/mol. The van der Waals surface area contributed by atoms with E-state index in [9.17, 15) is 14.4 Å². The fraction of sp³-hybridized carbons (Fsp3) is 0.954. The first-order valence-electron chi connectivity index (χ1n) is 32.4. The number of carbonyl (C=O) groups is 3. The Morgan fingerprint density at radius 1 is 0.282 bits per heavy atom. The van der Waals surface area contributed by atoms with E-state index >= 15 is 0 Å². The van der Waals surface area contributed by atoms with Gasteiger partial charge in [-0.05, 0) is 25.2 Å². The zero-order valence-corrected chi connectivity index (χ0v) is 48.7. The van der Waals surface area contributed by atoms with Crippen LogP contribution in [0.25, 0.3) is 0 Å². The summed E-state index contributed by atoms with van der Waals surface area (Å²) < 4.78 is 17.0. The summed E-state index contributed by atoms with van der Waals surface area (Å²) in [7, 11) is 0. The first-order chi connectivity index (χ1) is 34.9. The minimum Gasteiger partial charge on any atom is -0.462 e. The van der Waals surface area contributed by atoms with Gasteiger partial charge in [0.2, 0.25) is 0 Å². The summed E-state index contributed by atoms with van der Waals surface area (Å²) in [5, 5.41) is 0. The third-order valence-corrected chi connectivity index (χ3v) is 15.4. The highest BCUT2D eigenvalue weighted by atomic mass is 16.6. The Bertz CT molecular complexity index is 1080. The van der Waals surface area contributed by atoms with Crippen molar-refractivity contribution in [2.24, 2.45) is 5.92 Å². The van der Waals surface area contributed by atoms with E-state index in [4.69, 9.17) is 14.2 Å². The summed E-state index contributed by atoms with van der Waals surface area (Å²) >= 11 is 0. The molecule has 0 fully saturated rings. The SMILES string of the molecule is CCCCCCCCCCCCCCCCCCCCC(=O)O[C@@H](COC(=O)CCCCCCCCCCCCCCCCCCC)COC(=O)CCCCCCCCCCCCCCCCC(C)CC. The van der Waals surface area contributed by atoms with Crippen LogP contribution in [0.3, 0.4) is 0 Å². The maximum absolute atomic E-state index is 12.9. The lowest BCUT2D eigenvalue weighted by Crippen LogP contribution is -2.30. The molecule has 71 heavy (non-hydrogen) atoms. The second-order valence-corrected chi connectivity index (χ2v) is 22.6. The highest BCUT2D eigenvalue weighted by Crippen LogP contribution is 2.19. The van der Waals surface area contributed by atoms with Gasteiger partial charge in [0.1, 0.15) is 13.2 Å². The molecule has 0 heterocycles. The van der Waals surface area contributed by atoms with E-state index in [2.05, 4.69) is 27.7 Å². The Morgan fingerprint density at radius 3 is 0.732 bits per heavy atom. The Labute approximate surface area is 444 Å². The highest BCUT2D eigenvalue weighted by molar-refractivity contribution is 5.71. The van der Waals surface area contributed by atoms with Gasteiger partial charge < -0.3 is 14.2 Å². The van der Waals surface area contributed by atoms with Crippen LogP contribution < -0.4 is 0 Å². The van der Waals surface area contributed by atoms with E-state index in [0.29, 0.717) is 19.3 Å². The Balaban J connectivity index is 4.29. The smallest absolute Gasteiger partial charge is 0.306 e. The predicted molar refractivity (Wildman–Crippen MR) is 307 cm³/mol. The van der Waals surface area contributed by atoms with Crippen molar-refractivity contribution in [2.75, 3.05) is 13.2 Å². The summed E-state index contributed by atoms with van der Waals surface area (Å²) in [5.74, 6) is 0.0696. The molecule has 0 saturated carbocycles. The molecule has 0 radical (unpaired) electrons. The van der Waals surface area contributed by atoms with E-state index in [1.54, 1.807) is 0 Å². The largest absolute Gasteiger partial charge is 0.462 e. The van der Waals surface area contributed by atoms with Gasteiger partial charge in [-0.1, -0.05) is 336 Å². The first-order valence-corrected chi connectivity index (χ1v) is 32.4. The van der Waals surface area contributed by atoms with Gasteiger partial charge in [-0.25, -0.2) is 0 Å². The fourth-order valence-corrected chi connectivity index (χ4v) is 10.1. The van der Waals surface area contributed by atoms with Crippen LogP contribution in [0.4, 0.5) is 0 Å².